The summed E-state index contributed by atoms with van der Waals surface area (Å²) in [4.78, 5) is 12.4. The van der Waals surface area contributed by atoms with Crippen molar-refractivity contribution < 1.29 is 9.53 Å². The molecule has 1 fully saturated rings. The zero-order valence-corrected chi connectivity index (χ0v) is 16.0. The zero-order chi connectivity index (χ0) is 17.6. The average molecular weight is 380 g/mol. The van der Waals surface area contributed by atoms with Gasteiger partial charge in [-0.1, -0.05) is 5.21 Å². The van der Waals surface area contributed by atoms with Gasteiger partial charge in [0.05, 0.1) is 18.5 Å². The standard InChI is InChI=1S/C18H25N5O2.ClH/c1-13-17(18(24)20-11-9-14-4-3-10-19-12-14)21-22-23(13)15-5-7-16(25-2)8-6-15;/h5-8,14,19H,3-4,9-12H2,1-2H3,(H,20,24);1H. The number of carbonyl (C=O) groups excluding carboxylic acids is 1. The SMILES string of the molecule is COc1ccc(-n2nnc(C(=O)NCCC3CCCNC3)c2C)cc1.Cl. The highest BCUT2D eigenvalue weighted by molar-refractivity contribution is 5.93. The third kappa shape index (κ3) is 4.74. The summed E-state index contributed by atoms with van der Waals surface area (Å²) in [5.74, 6) is 1.25. The molecule has 2 N–H and O–H groups in total. The molecular weight excluding hydrogens is 354 g/mol. The van der Waals surface area contributed by atoms with Crippen LogP contribution in [0.2, 0.25) is 0 Å². The summed E-state index contributed by atoms with van der Waals surface area (Å²) in [5.41, 5.74) is 1.94. The van der Waals surface area contributed by atoms with Gasteiger partial charge in [0.1, 0.15) is 5.75 Å². The van der Waals surface area contributed by atoms with Crippen molar-refractivity contribution in [3.63, 3.8) is 0 Å². The molecule has 8 heteroatoms. The summed E-state index contributed by atoms with van der Waals surface area (Å²) in [7, 11) is 1.63. The number of hydrogen-bond acceptors (Lipinski definition) is 5. The second-order valence-electron chi connectivity index (χ2n) is 6.39. The van der Waals surface area contributed by atoms with Crippen LogP contribution in [-0.2, 0) is 0 Å². The molecule has 1 saturated heterocycles. The Morgan fingerprint density at radius 2 is 2.15 bits per heavy atom. The van der Waals surface area contributed by atoms with E-state index >= 15 is 0 Å². The monoisotopic (exact) mass is 379 g/mol. The highest BCUT2D eigenvalue weighted by Gasteiger charge is 2.18. The van der Waals surface area contributed by atoms with Gasteiger partial charge in [-0.05, 0) is 69.5 Å². The Morgan fingerprint density at radius 1 is 1.38 bits per heavy atom. The molecule has 142 valence electrons. The smallest absolute Gasteiger partial charge is 0.273 e. The fourth-order valence-corrected chi connectivity index (χ4v) is 3.15. The largest absolute Gasteiger partial charge is 0.497 e. The van der Waals surface area contributed by atoms with Crippen LogP contribution in [0.4, 0.5) is 0 Å². The molecule has 3 rings (SSSR count). The lowest BCUT2D eigenvalue weighted by Gasteiger charge is -2.22. The molecule has 0 aliphatic carbocycles. The summed E-state index contributed by atoms with van der Waals surface area (Å²) < 4.78 is 6.83. The van der Waals surface area contributed by atoms with Crippen molar-refractivity contribution >= 4 is 18.3 Å². The fourth-order valence-electron chi connectivity index (χ4n) is 3.15. The van der Waals surface area contributed by atoms with E-state index in [2.05, 4.69) is 20.9 Å². The van der Waals surface area contributed by atoms with E-state index in [1.165, 1.54) is 12.8 Å². The minimum absolute atomic E-state index is 0. The Bertz CT molecular complexity index is 711. The van der Waals surface area contributed by atoms with E-state index in [-0.39, 0.29) is 18.3 Å². The summed E-state index contributed by atoms with van der Waals surface area (Å²) in [6.45, 7) is 4.67. The topological polar surface area (TPSA) is 81.1 Å². The van der Waals surface area contributed by atoms with Crippen LogP contribution in [0, 0.1) is 12.8 Å². The Labute approximate surface area is 159 Å². The lowest BCUT2D eigenvalue weighted by Crippen LogP contribution is -2.33. The van der Waals surface area contributed by atoms with E-state index < -0.39 is 0 Å². The third-order valence-electron chi connectivity index (χ3n) is 4.66. The molecular formula is C18H26ClN5O2. The van der Waals surface area contributed by atoms with Gasteiger partial charge in [-0.15, -0.1) is 17.5 Å². The molecule has 26 heavy (non-hydrogen) atoms. The molecule has 0 spiro atoms. The number of rotatable bonds is 6. The number of piperidine rings is 1. The molecule has 1 aliphatic rings. The number of nitrogens with one attached hydrogen (secondary N) is 2. The first-order valence-electron chi connectivity index (χ1n) is 8.74. The van der Waals surface area contributed by atoms with E-state index in [4.69, 9.17) is 4.74 Å². The molecule has 2 heterocycles. The van der Waals surface area contributed by atoms with Gasteiger partial charge in [0.2, 0.25) is 0 Å². The number of amides is 1. The van der Waals surface area contributed by atoms with Crippen LogP contribution < -0.4 is 15.4 Å². The van der Waals surface area contributed by atoms with Crippen molar-refractivity contribution in [3.05, 3.63) is 35.7 Å². The predicted octanol–water partition coefficient (Wildman–Crippen LogP) is 2.13. The lowest BCUT2D eigenvalue weighted by atomic mass is 9.96. The van der Waals surface area contributed by atoms with Gasteiger partial charge in [0, 0.05) is 6.54 Å². The zero-order valence-electron chi connectivity index (χ0n) is 15.2. The number of hydrogen-bond donors (Lipinski definition) is 2. The second-order valence-corrected chi connectivity index (χ2v) is 6.39. The van der Waals surface area contributed by atoms with Gasteiger partial charge < -0.3 is 15.4 Å². The number of nitrogens with zero attached hydrogens (tertiary/aromatic N) is 3. The van der Waals surface area contributed by atoms with E-state index in [1.54, 1.807) is 11.8 Å². The Hall–Kier alpha value is -2.12. The van der Waals surface area contributed by atoms with Crippen LogP contribution in [0.15, 0.2) is 24.3 Å². The van der Waals surface area contributed by atoms with Gasteiger partial charge in [-0.25, -0.2) is 4.68 Å². The molecule has 0 saturated carbocycles. The maximum absolute atomic E-state index is 12.4. The van der Waals surface area contributed by atoms with Crippen molar-refractivity contribution in [1.82, 2.24) is 25.6 Å². The van der Waals surface area contributed by atoms with Gasteiger partial charge in [-0.2, -0.15) is 0 Å². The van der Waals surface area contributed by atoms with Crippen LogP contribution in [0.25, 0.3) is 5.69 Å². The summed E-state index contributed by atoms with van der Waals surface area (Å²) >= 11 is 0. The van der Waals surface area contributed by atoms with Crippen LogP contribution in [-0.4, -0.2) is 47.6 Å². The average Bonchev–Trinajstić information content (AvgIpc) is 3.04. The third-order valence-corrected chi connectivity index (χ3v) is 4.66. The van der Waals surface area contributed by atoms with Crippen molar-refractivity contribution in [3.8, 4) is 11.4 Å². The van der Waals surface area contributed by atoms with Gasteiger partial charge in [-0.3, -0.25) is 4.79 Å². The normalized spacial score (nSPS) is 16.6. The first-order chi connectivity index (χ1) is 12.2. The predicted molar refractivity (Wildman–Crippen MR) is 102 cm³/mol. The number of aromatic nitrogens is 3. The minimum Gasteiger partial charge on any atom is -0.497 e. The van der Waals surface area contributed by atoms with E-state index in [9.17, 15) is 4.79 Å². The maximum Gasteiger partial charge on any atom is 0.273 e. The number of carbonyl (C=O) groups is 1. The van der Waals surface area contributed by atoms with Crippen molar-refractivity contribution in [2.45, 2.75) is 26.2 Å². The molecule has 1 amide bonds. The molecule has 0 bridgehead atoms. The summed E-state index contributed by atoms with van der Waals surface area (Å²) in [6.07, 6.45) is 3.44. The van der Waals surface area contributed by atoms with Crippen molar-refractivity contribution in [2.24, 2.45) is 5.92 Å². The number of methoxy groups -OCH3 is 1. The maximum atomic E-state index is 12.4. The molecule has 1 atom stereocenters. The van der Waals surface area contributed by atoms with E-state index in [0.29, 0.717) is 18.2 Å². The van der Waals surface area contributed by atoms with Crippen LogP contribution in [0.3, 0.4) is 0 Å². The Balaban J connectivity index is 0.00000243. The number of halogens is 1. The highest BCUT2D eigenvalue weighted by atomic mass is 35.5. The Kier molecular flexibility index (Phi) is 7.41. The number of ether oxygens (including phenoxy) is 1. The minimum atomic E-state index is -0.166. The molecule has 2 aromatic rings. The van der Waals surface area contributed by atoms with Crippen LogP contribution in [0.5, 0.6) is 5.75 Å². The quantitative estimate of drug-likeness (QED) is 0.803. The molecule has 7 nitrogen and oxygen atoms in total. The Morgan fingerprint density at radius 3 is 2.81 bits per heavy atom. The molecule has 1 aliphatic heterocycles. The van der Waals surface area contributed by atoms with Crippen molar-refractivity contribution in [2.75, 3.05) is 26.7 Å². The van der Waals surface area contributed by atoms with Crippen LogP contribution in [0.1, 0.15) is 35.4 Å². The lowest BCUT2D eigenvalue weighted by molar-refractivity contribution is 0.0945. The van der Waals surface area contributed by atoms with Crippen molar-refractivity contribution in [1.29, 1.82) is 0 Å². The van der Waals surface area contributed by atoms with E-state index in [1.807, 2.05) is 31.2 Å². The molecule has 1 aromatic carbocycles. The summed E-state index contributed by atoms with van der Waals surface area (Å²) in [5, 5.41) is 14.5. The first-order valence-corrected chi connectivity index (χ1v) is 8.74. The van der Waals surface area contributed by atoms with Gasteiger partial charge in [0.15, 0.2) is 5.69 Å². The van der Waals surface area contributed by atoms with Gasteiger partial charge in [0.25, 0.3) is 5.91 Å². The molecule has 0 radical (unpaired) electrons. The molecule has 1 aromatic heterocycles. The number of benzene rings is 1. The first kappa shape index (κ1) is 20.2. The van der Waals surface area contributed by atoms with E-state index in [0.717, 1.165) is 36.6 Å². The van der Waals surface area contributed by atoms with Crippen LogP contribution >= 0.6 is 12.4 Å². The summed E-state index contributed by atoms with van der Waals surface area (Å²) in [6, 6.07) is 7.49. The second kappa shape index (κ2) is 9.54. The molecule has 1 unspecified atom stereocenters. The fraction of sp³-hybridized carbons (Fsp3) is 0.500. The van der Waals surface area contributed by atoms with Gasteiger partial charge >= 0.3 is 0 Å². The highest BCUT2D eigenvalue weighted by Crippen LogP contribution is 2.17.